The smallest absolute Gasteiger partial charge is 0.194 e. The molecule has 3 heterocycles. The van der Waals surface area contributed by atoms with Gasteiger partial charge >= 0.3 is 0 Å². The van der Waals surface area contributed by atoms with Crippen LogP contribution in [0.5, 0.6) is 0 Å². The van der Waals surface area contributed by atoms with Crippen LogP contribution in [0.4, 0.5) is 0 Å². The maximum Gasteiger partial charge on any atom is 0.194 e. The minimum Gasteiger partial charge on any atom is -0.377 e. The number of aromatic nitrogens is 2. The van der Waals surface area contributed by atoms with Crippen molar-refractivity contribution in [3.8, 4) is 0 Å². The predicted octanol–water partition coefficient (Wildman–Crippen LogP) is 2.36. The van der Waals surface area contributed by atoms with Crippen molar-refractivity contribution < 1.29 is 4.74 Å². The molecule has 1 fully saturated rings. The summed E-state index contributed by atoms with van der Waals surface area (Å²) in [6, 6.07) is 0. The minimum absolute atomic E-state index is 0.393. The zero-order chi connectivity index (χ0) is 12.4. The normalized spacial score (nSPS) is 20.6. The monoisotopic (exact) mass is 265 g/mol. The molecule has 0 saturated carbocycles. The van der Waals surface area contributed by atoms with Crippen LogP contribution in [0.15, 0.2) is 11.6 Å². The van der Waals surface area contributed by atoms with Gasteiger partial charge in [-0.15, -0.1) is 11.3 Å². The molecular formula is C13H19N3OS. The summed E-state index contributed by atoms with van der Waals surface area (Å²) in [5, 5.41) is 5.58. The molecule has 4 nitrogen and oxygen atoms in total. The Morgan fingerprint density at radius 1 is 1.56 bits per heavy atom. The summed E-state index contributed by atoms with van der Waals surface area (Å²) in [5.74, 6) is 0. The highest BCUT2D eigenvalue weighted by atomic mass is 32.1. The molecule has 1 aliphatic heterocycles. The number of hydrogen-bond acceptors (Lipinski definition) is 4. The van der Waals surface area contributed by atoms with Crippen LogP contribution in [0.25, 0.3) is 4.96 Å². The molecule has 98 valence electrons. The van der Waals surface area contributed by atoms with E-state index in [4.69, 9.17) is 4.74 Å². The van der Waals surface area contributed by atoms with Crippen LogP contribution in [-0.4, -0.2) is 28.6 Å². The molecular weight excluding hydrogens is 246 g/mol. The van der Waals surface area contributed by atoms with Crippen LogP contribution >= 0.6 is 11.3 Å². The number of thiazole rings is 1. The van der Waals surface area contributed by atoms with Gasteiger partial charge in [0.1, 0.15) is 0 Å². The maximum atomic E-state index is 5.72. The molecule has 3 rings (SSSR count). The van der Waals surface area contributed by atoms with Gasteiger partial charge in [0, 0.05) is 31.3 Å². The highest BCUT2D eigenvalue weighted by Crippen LogP contribution is 2.17. The van der Waals surface area contributed by atoms with E-state index in [1.807, 2.05) is 0 Å². The number of nitrogens with one attached hydrogen (secondary N) is 1. The molecule has 0 aliphatic carbocycles. The Labute approximate surface area is 111 Å². The molecule has 0 aromatic carbocycles. The number of rotatable bonds is 4. The molecule has 5 heteroatoms. The van der Waals surface area contributed by atoms with Gasteiger partial charge in [0.25, 0.3) is 0 Å². The highest BCUT2D eigenvalue weighted by Gasteiger charge is 2.14. The maximum absolute atomic E-state index is 5.72. The summed E-state index contributed by atoms with van der Waals surface area (Å²) in [6.45, 7) is 4.81. The number of fused-ring (bicyclic) bond motifs is 1. The molecule has 2 aromatic rings. The van der Waals surface area contributed by atoms with E-state index in [1.165, 1.54) is 25.0 Å². The third-order valence-electron chi connectivity index (χ3n) is 3.50. The van der Waals surface area contributed by atoms with Gasteiger partial charge < -0.3 is 10.1 Å². The Bertz CT molecular complexity index is 513. The van der Waals surface area contributed by atoms with E-state index in [2.05, 4.69) is 33.2 Å². The molecule has 0 amide bonds. The quantitative estimate of drug-likeness (QED) is 0.922. The van der Waals surface area contributed by atoms with Gasteiger partial charge in [-0.25, -0.2) is 4.98 Å². The molecule has 0 radical (unpaired) electrons. The fourth-order valence-electron chi connectivity index (χ4n) is 2.47. The van der Waals surface area contributed by atoms with Crippen molar-refractivity contribution in [2.75, 3.05) is 13.2 Å². The molecule has 0 bridgehead atoms. The third-order valence-corrected chi connectivity index (χ3v) is 4.26. The van der Waals surface area contributed by atoms with E-state index in [0.29, 0.717) is 6.10 Å². The summed E-state index contributed by atoms with van der Waals surface area (Å²) in [7, 11) is 0. The largest absolute Gasteiger partial charge is 0.377 e. The van der Waals surface area contributed by atoms with Crippen molar-refractivity contribution in [2.24, 2.45) is 0 Å². The highest BCUT2D eigenvalue weighted by molar-refractivity contribution is 7.15. The molecule has 1 aliphatic rings. The van der Waals surface area contributed by atoms with Gasteiger partial charge in [0.2, 0.25) is 0 Å². The molecule has 1 N–H and O–H groups in total. The van der Waals surface area contributed by atoms with E-state index >= 15 is 0 Å². The summed E-state index contributed by atoms with van der Waals surface area (Å²) in [4.78, 5) is 5.63. The summed E-state index contributed by atoms with van der Waals surface area (Å²) in [6.07, 6.45) is 6.19. The van der Waals surface area contributed by atoms with E-state index in [9.17, 15) is 0 Å². The first-order valence-corrected chi connectivity index (χ1v) is 7.46. The standard InChI is InChI=1S/C13H19N3OS/c1-10-12(16-5-7-18-13(16)15-10)9-14-8-11-4-2-3-6-17-11/h5,7,11,14H,2-4,6,8-9H2,1H3. The van der Waals surface area contributed by atoms with Crippen LogP contribution < -0.4 is 5.32 Å². The van der Waals surface area contributed by atoms with Gasteiger partial charge in [0.15, 0.2) is 4.96 Å². The zero-order valence-corrected chi connectivity index (χ0v) is 11.5. The first-order valence-electron chi connectivity index (χ1n) is 6.58. The SMILES string of the molecule is Cc1nc2sccn2c1CNCC1CCCCO1. The Balaban J connectivity index is 1.59. The van der Waals surface area contributed by atoms with E-state index in [-0.39, 0.29) is 0 Å². The molecule has 0 spiro atoms. The van der Waals surface area contributed by atoms with Crippen molar-refractivity contribution in [3.63, 3.8) is 0 Å². The summed E-state index contributed by atoms with van der Waals surface area (Å²) in [5.41, 5.74) is 2.39. The number of aryl methyl sites for hydroxylation is 1. The van der Waals surface area contributed by atoms with Crippen molar-refractivity contribution in [2.45, 2.75) is 38.8 Å². The van der Waals surface area contributed by atoms with Crippen LogP contribution in [0.2, 0.25) is 0 Å². The molecule has 1 atom stereocenters. The summed E-state index contributed by atoms with van der Waals surface area (Å²) >= 11 is 1.68. The van der Waals surface area contributed by atoms with Gasteiger partial charge in [-0.3, -0.25) is 4.40 Å². The Kier molecular flexibility index (Phi) is 3.63. The Hall–Kier alpha value is -0.910. The van der Waals surface area contributed by atoms with Gasteiger partial charge in [-0.05, 0) is 26.2 Å². The number of hydrogen-bond donors (Lipinski definition) is 1. The van der Waals surface area contributed by atoms with Crippen LogP contribution in [0.1, 0.15) is 30.7 Å². The second kappa shape index (κ2) is 5.38. The fraction of sp³-hybridized carbons (Fsp3) is 0.615. The molecule has 1 unspecified atom stereocenters. The number of nitrogens with zero attached hydrogens (tertiary/aromatic N) is 2. The molecule has 18 heavy (non-hydrogen) atoms. The van der Waals surface area contributed by atoms with E-state index < -0.39 is 0 Å². The fourth-order valence-corrected chi connectivity index (χ4v) is 3.25. The first-order chi connectivity index (χ1) is 8.84. The number of ether oxygens (including phenoxy) is 1. The lowest BCUT2D eigenvalue weighted by molar-refractivity contribution is 0.0167. The Morgan fingerprint density at radius 2 is 2.50 bits per heavy atom. The van der Waals surface area contributed by atoms with E-state index in [0.717, 1.165) is 30.4 Å². The summed E-state index contributed by atoms with van der Waals surface area (Å²) < 4.78 is 7.89. The second-order valence-corrected chi connectivity index (χ2v) is 5.69. The van der Waals surface area contributed by atoms with Crippen LogP contribution in [0.3, 0.4) is 0 Å². The average Bonchev–Trinajstić information content (AvgIpc) is 2.93. The molecule has 1 saturated heterocycles. The Morgan fingerprint density at radius 3 is 3.33 bits per heavy atom. The lowest BCUT2D eigenvalue weighted by atomic mass is 10.1. The topological polar surface area (TPSA) is 38.6 Å². The average molecular weight is 265 g/mol. The number of imidazole rings is 1. The van der Waals surface area contributed by atoms with Gasteiger partial charge in [0.05, 0.1) is 17.5 Å². The molecule has 2 aromatic heterocycles. The third kappa shape index (κ3) is 2.43. The first kappa shape index (κ1) is 12.1. The van der Waals surface area contributed by atoms with Gasteiger partial charge in [-0.1, -0.05) is 0 Å². The van der Waals surface area contributed by atoms with Crippen LogP contribution in [0, 0.1) is 6.92 Å². The zero-order valence-electron chi connectivity index (χ0n) is 10.7. The van der Waals surface area contributed by atoms with E-state index in [1.54, 1.807) is 11.3 Å². The second-order valence-electron chi connectivity index (χ2n) is 4.82. The van der Waals surface area contributed by atoms with Crippen LogP contribution in [-0.2, 0) is 11.3 Å². The lowest BCUT2D eigenvalue weighted by Gasteiger charge is -2.22. The van der Waals surface area contributed by atoms with Crippen molar-refractivity contribution in [3.05, 3.63) is 23.0 Å². The minimum atomic E-state index is 0.393. The van der Waals surface area contributed by atoms with Crippen molar-refractivity contribution in [1.29, 1.82) is 0 Å². The van der Waals surface area contributed by atoms with Gasteiger partial charge in [-0.2, -0.15) is 0 Å². The van der Waals surface area contributed by atoms with Crippen molar-refractivity contribution in [1.82, 2.24) is 14.7 Å². The predicted molar refractivity (Wildman–Crippen MR) is 73.1 cm³/mol. The van der Waals surface area contributed by atoms with Crippen molar-refractivity contribution >= 4 is 16.3 Å². The lowest BCUT2D eigenvalue weighted by Crippen LogP contribution is -2.31.